The van der Waals surface area contributed by atoms with Crippen LogP contribution in [-0.4, -0.2) is 52.9 Å². The molecule has 0 spiro atoms. The SMILES string of the molecule is COc1cc(C2C3=CCC4C(=O)N(c5ccc(I)cc5)C(=O)C4C3CC3C(=O)N(Nc4ncc(C(F)(F)F)cc4Cl)C(=O)C32c2ccc(Cl)cc2)cc(OC)c1O. The minimum absolute atomic E-state index is 0.00643. The number of benzene rings is 3. The third kappa shape index (κ3) is 6.02. The van der Waals surface area contributed by atoms with E-state index >= 15 is 4.79 Å². The van der Waals surface area contributed by atoms with Gasteiger partial charge in [0.25, 0.3) is 11.8 Å². The van der Waals surface area contributed by atoms with E-state index in [1.807, 2.05) is 6.08 Å². The number of nitrogens with one attached hydrogen (secondary N) is 1. The molecule has 2 aliphatic heterocycles. The highest BCUT2D eigenvalue weighted by atomic mass is 127. The number of halogens is 6. The topological polar surface area (TPSA) is 138 Å². The molecule has 11 nitrogen and oxygen atoms in total. The van der Waals surface area contributed by atoms with E-state index in [0.29, 0.717) is 44.7 Å². The molecule has 0 radical (unpaired) electrons. The number of methoxy groups -OCH3 is 2. The predicted octanol–water partition coefficient (Wildman–Crippen LogP) is 7.92. The van der Waals surface area contributed by atoms with Crippen molar-refractivity contribution in [3.63, 3.8) is 0 Å². The summed E-state index contributed by atoms with van der Waals surface area (Å²) in [5, 5.41) is 11.5. The lowest BCUT2D eigenvalue weighted by Gasteiger charge is -2.50. The van der Waals surface area contributed by atoms with Gasteiger partial charge < -0.3 is 14.6 Å². The van der Waals surface area contributed by atoms with Gasteiger partial charge in [-0.25, -0.2) is 4.98 Å². The fourth-order valence-corrected chi connectivity index (χ4v) is 9.78. The van der Waals surface area contributed by atoms with Crippen molar-refractivity contribution >= 4 is 80.9 Å². The van der Waals surface area contributed by atoms with E-state index < -0.39 is 69.5 Å². The Kier molecular flexibility index (Phi) is 9.71. The Morgan fingerprint density at radius 3 is 2.16 bits per heavy atom. The number of hydrogen-bond donors (Lipinski definition) is 2. The van der Waals surface area contributed by atoms with Crippen LogP contribution in [-0.2, 0) is 30.8 Å². The maximum absolute atomic E-state index is 15.4. The van der Waals surface area contributed by atoms with Gasteiger partial charge in [0.15, 0.2) is 17.3 Å². The van der Waals surface area contributed by atoms with Crippen molar-refractivity contribution in [1.82, 2.24) is 9.99 Å². The summed E-state index contributed by atoms with van der Waals surface area (Å²) in [6.07, 6.45) is -2.32. The van der Waals surface area contributed by atoms with Gasteiger partial charge in [0, 0.05) is 20.7 Å². The largest absolute Gasteiger partial charge is 0.502 e. The Bertz CT molecular complexity index is 2370. The number of carbonyl (C=O) groups excluding carboxylic acids is 4. The van der Waals surface area contributed by atoms with Crippen molar-refractivity contribution in [3.8, 4) is 17.2 Å². The number of nitrogens with zero attached hydrogens (tertiary/aromatic N) is 3. The summed E-state index contributed by atoms with van der Waals surface area (Å²) < 4.78 is 52.6. The molecule has 1 saturated carbocycles. The third-order valence-corrected chi connectivity index (χ3v) is 12.7. The van der Waals surface area contributed by atoms with Crippen LogP contribution in [0.25, 0.3) is 0 Å². The molecular formula is C40H30Cl2F3IN4O7. The van der Waals surface area contributed by atoms with E-state index in [1.165, 1.54) is 31.3 Å². The molecule has 2 N–H and O–H groups in total. The number of phenols is 1. The first kappa shape index (κ1) is 39.0. The lowest BCUT2D eigenvalue weighted by Crippen LogP contribution is -2.53. The lowest BCUT2D eigenvalue weighted by atomic mass is 9.49. The summed E-state index contributed by atoms with van der Waals surface area (Å²) in [6.45, 7) is 0. The lowest BCUT2D eigenvalue weighted by molar-refractivity contribution is -0.139. The highest BCUT2D eigenvalue weighted by Crippen LogP contribution is 2.65. The van der Waals surface area contributed by atoms with E-state index in [1.54, 1.807) is 48.5 Å². The van der Waals surface area contributed by atoms with Gasteiger partial charge in [0.05, 0.1) is 53.7 Å². The van der Waals surface area contributed by atoms with Crippen LogP contribution in [0.15, 0.2) is 84.6 Å². The van der Waals surface area contributed by atoms with Crippen LogP contribution >= 0.6 is 45.8 Å². The van der Waals surface area contributed by atoms with Gasteiger partial charge in [-0.2, -0.15) is 18.2 Å². The van der Waals surface area contributed by atoms with Crippen LogP contribution in [0.3, 0.4) is 0 Å². The Balaban J connectivity index is 1.34. The number of carbonyl (C=O) groups is 4. The number of phenolic OH excluding ortho intramolecular Hbond substituents is 1. The Morgan fingerprint density at radius 1 is 0.912 bits per heavy atom. The molecule has 4 aliphatic rings. The fraction of sp³-hybridized carbons (Fsp3) is 0.275. The summed E-state index contributed by atoms with van der Waals surface area (Å²) >= 11 is 14.8. The summed E-state index contributed by atoms with van der Waals surface area (Å²) in [6, 6.07) is 17.0. The zero-order valence-corrected chi connectivity index (χ0v) is 33.5. The number of rotatable bonds is 7. The molecule has 1 aromatic heterocycles. The second-order valence-corrected chi connectivity index (χ2v) is 16.3. The van der Waals surface area contributed by atoms with Crippen LogP contribution in [0.2, 0.25) is 10.0 Å². The van der Waals surface area contributed by atoms with Gasteiger partial charge in [-0.3, -0.25) is 29.5 Å². The zero-order chi connectivity index (χ0) is 40.7. The van der Waals surface area contributed by atoms with E-state index in [4.69, 9.17) is 32.7 Å². The molecule has 2 aliphatic carbocycles. The predicted molar refractivity (Wildman–Crippen MR) is 210 cm³/mol. The smallest absolute Gasteiger partial charge is 0.417 e. The van der Waals surface area contributed by atoms with Crippen LogP contribution in [0, 0.1) is 27.2 Å². The first-order valence-electron chi connectivity index (χ1n) is 17.5. The molecule has 57 heavy (non-hydrogen) atoms. The molecule has 4 amide bonds. The highest BCUT2D eigenvalue weighted by molar-refractivity contribution is 14.1. The average Bonchev–Trinajstić information content (AvgIpc) is 3.56. The molecule has 2 saturated heterocycles. The fourth-order valence-electron chi connectivity index (χ4n) is 9.08. The molecule has 3 fully saturated rings. The summed E-state index contributed by atoms with van der Waals surface area (Å²) in [7, 11) is 2.67. The summed E-state index contributed by atoms with van der Waals surface area (Å²) in [4.78, 5) is 64.0. The molecule has 0 bridgehead atoms. The molecular weight excluding hydrogens is 903 g/mol. The number of anilines is 2. The van der Waals surface area contributed by atoms with Gasteiger partial charge in [-0.1, -0.05) is 47.0 Å². The van der Waals surface area contributed by atoms with Crippen molar-refractivity contribution in [2.75, 3.05) is 24.5 Å². The maximum Gasteiger partial charge on any atom is 0.417 e. The molecule has 6 unspecified atom stereocenters. The summed E-state index contributed by atoms with van der Waals surface area (Å²) in [5.74, 6) is -7.88. The molecule has 8 rings (SSSR count). The van der Waals surface area contributed by atoms with Gasteiger partial charge >= 0.3 is 6.18 Å². The van der Waals surface area contributed by atoms with E-state index in [9.17, 15) is 32.7 Å². The van der Waals surface area contributed by atoms with Gasteiger partial charge in [0.1, 0.15) is 0 Å². The Hall–Kier alpha value is -4.87. The number of aromatic hydroxyl groups is 1. The van der Waals surface area contributed by atoms with E-state index in [2.05, 4.69) is 33.0 Å². The van der Waals surface area contributed by atoms with Gasteiger partial charge in [-0.05, 0) is 107 Å². The normalized spacial score (nSPS) is 25.5. The van der Waals surface area contributed by atoms with Crippen molar-refractivity contribution in [1.29, 1.82) is 0 Å². The number of imide groups is 2. The van der Waals surface area contributed by atoms with Crippen LogP contribution in [0.4, 0.5) is 24.7 Å². The molecule has 4 aromatic rings. The average molecular weight is 934 g/mol. The van der Waals surface area contributed by atoms with Crippen LogP contribution in [0.1, 0.15) is 35.4 Å². The summed E-state index contributed by atoms with van der Waals surface area (Å²) in [5.41, 5.74) is 1.39. The number of alkyl halides is 3. The number of allylic oxidation sites excluding steroid dienone is 2. The van der Waals surface area contributed by atoms with Crippen molar-refractivity contribution < 1.29 is 46.9 Å². The monoisotopic (exact) mass is 932 g/mol. The quantitative estimate of drug-likeness (QED) is 0.108. The first-order valence-corrected chi connectivity index (χ1v) is 19.4. The molecule has 3 aromatic carbocycles. The zero-order valence-electron chi connectivity index (χ0n) is 29.8. The molecule has 294 valence electrons. The molecule has 3 heterocycles. The van der Waals surface area contributed by atoms with Gasteiger partial charge in [0.2, 0.25) is 17.6 Å². The number of pyridine rings is 1. The van der Waals surface area contributed by atoms with Crippen molar-refractivity contribution in [3.05, 3.63) is 115 Å². The third-order valence-electron chi connectivity index (χ3n) is 11.5. The van der Waals surface area contributed by atoms with Crippen LogP contribution in [0.5, 0.6) is 17.2 Å². The molecule has 6 atom stereocenters. The van der Waals surface area contributed by atoms with E-state index in [0.717, 1.165) is 3.57 Å². The number of aromatic nitrogens is 1. The Morgan fingerprint density at radius 2 is 1.56 bits per heavy atom. The Labute approximate surface area is 346 Å². The second-order valence-electron chi connectivity index (χ2n) is 14.2. The van der Waals surface area contributed by atoms with E-state index in [-0.39, 0.29) is 41.8 Å². The standard InChI is InChI=1S/C40H30Cl2F3IN4O7/c1-56-29-13-18(14-30(57-2)33(29)51)32-24-11-12-25-31(37(54)49(35(25)52)23-9-7-22(46)8-10-23)26(24)16-27-36(53)50(38(55)39(27,32)19-3-5-21(41)6-4-19)48-34-28(42)15-20(17-47-34)40(43,44)45/h3-11,13-15,17,25-27,31-32,51H,12,16H2,1-2H3,(H,47,48). The van der Waals surface area contributed by atoms with Crippen molar-refractivity contribution in [2.45, 2.75) is 30.4 Å². The number of ether oxygens (including phenoxy) is 2. The second kappa shape index (κ2) is 14.2. The maximum atomic E-state index is 15.4. The van der Waals surface area contributed by atoms with Gasteiger partial charge in [-0.15, -0.1) is 0 Å². The minimum Gasteiger partial charge on any atom is -0.502 e. The van der Waals surface area contributed by atoms with Crippen molar-refractivity contribution in [2.24, 2.45) is 23.7 Å². The number of fused-ring (bicyclic) bond motifs is 4. The minimum atomic E-state index is -4.77. The number of hydrazine groups is 1. The number of hydrogen-bond acceptors (Lipinski definition) is 9. The number of amides is 4. The molecule has 17 heteroatoms. The first-order chi connectivity index (χ1) is 27.1. The highest BCUT2D eigenvalue weighted by Gasteiger charge is 2.70. The van der Waals surface area contributed by atoms with Crippen LogP contribution < -0.4 is 19.8 Å².